The quantitative estimate of drug-likeness (QED) is 0.487. The van der Waals surface area contributed by atoms with E-state index in [4.69, 9.17) is 4.74 Å². The zero-order chi connectivity index (χ0) is 23.3. The Morgan fingerprint density at radius 3 is 2.13 bits per heavy atom. The smallest absolute Gasteiger partial charge is 0.242 e. The van der Waals surface area contributed by atoms with Crippen LogP contribution in [0.5, 0.6) is 5.75 Å². The van der Waals surface area contributed by atoms with E-state index in [1.54, 1.807) is 11.7 Å². The van der Waals surface area contributed by atoms with Gasteiger partial charge in [-0.15, -0.1) is 0 Å². The molecule has 2 aromatic rings. The number of carbonyl (C=O) groups excluding carboxylic acids is 2. The molecule has 0 fully saturated rings. The number of aromatic nitrogens is 2. The van der Waals surface area contributed by atoms with Crippen LogP contribution in [0, 0.1) is 17.3 Å². The summed E-state index contributed by atoms with van der Waals surface area (Å²) in [6.45, 7) is 15.9. The van der Waals surface area contributed by atoms with Crippen LogP contribution in [0.15, 0.2) is 18.2 Å². The third kappa shape index (κ3) is 6.55. The maximum atomic E-state index is 13.4. The molecule has 0 unspecified atom stereocenters. The highest BCUT2D eigenvalue weighted by atomic mass is 16.5. The zero-order valence-electron chi connectivity index (χ0n) is 20.5. The first-order valence-corrected chi connectivity index (χ1v) is 11.3. The second-order valence-electron chi connectivity index (χ2n) is 10.2. The average molecular weight is 430 g/mol. The van der Waals surface area contributed by atoms with Gasteiger partial charge in [0.2, 0.25) is 11.7 Å². The first kappa shape index (κ1) is 24.9. The molecule has 0 aliphatic heterocycles. The predicted molar refractivity (Wildman–Crippen MR) is 126 cm³/mol. The van der Waals surface area contributed by atoms with Gasteiger partial charge in [0.1, 0.15) is 12.3 Å². The minimum atomic E-state index is -0.596. The number of benzene rings is 1. The van der Waals surface area contributed by atoms with Crippen molar-refractivity contribution in [3.63, 3.8) is 0 Å². The Kier molecular flexibility index (Phi) is 8.27. The molecule has 1 heterocycles. The highest BCUT2D eigenvalue weighted by molar-refractivity contribution is 6.00. The highest BCUT2D eigenvalue weighted by Gasteiger charge is 2.30. The molecule has 6 nitrogen and oxygen atoms in total. The highest BCUT2D eigenvalue weighted by Crippen LogP contribution is 2.27. The number of ketones is 1. The van der Waals surface area contributed by atoms with E-state index in [9.17, 15) is 9.59 Å². The van der Waals surface area contributed by atoms with Crippen LogP contribution in [0.1, 0.15) is 71.9 Å². The van der Waals surface area contributed by atoms with Gasteiger partial charge >= 0.3 is 0 Å². The Balaban J connectivity index is 2.43. The summed E-state index contributed by atoms with van der Waals surface area (Å²) in [6.07, 6.45) is 1.92. The van der Waals surface area contributed by atoms with Crippen LogP contribution in [-0.4, -0.2) is 46.3 Å². The minimum Gasteiger partial charge on any atom is -0.497 e. The molecule has 0 atom stereocenters. The molecule has 0 aliphatic rings. The fourth-order valence-corrected chi connectivity index (χ4v) is 3.33. The van der Waals surface area contributed by atoms with E-state index in [1.807, 2.05) is 43.9 Å². The van der Waals surface area contributed by atoms with Gasteiger partial charge in [-0.1, -0.05) is 48.5 Å². The molecule has 1 aromatic heterocycles. The summed E-state index contributed by atoms with van der Waals surface area (Å²) in [4.78, 5) is 33.1. The normalized spacial score (nSPS) is 12.1. The predicted octanol–water partition coefficient (Wildman–Crippen LogP) is 5.19. The summed E-state index contributed by atoms with van der Waals surface area (Å²) in [5, 5.41) is 0. The molecular formula is C25H39N3O3. The van der Waals surface area contributed by atoms with Crippen LogP contribution in [0.2, 0.25) is 0 Å². The number of methoxy groups -OCH3 is 1. The van der Waals surface area contributed by atoms with Gasteiger partial charge in [0.15, 0.2) is 5.82 Å². The molecule has 0 N–H and O–H groups in total. The number of Topliss-reactive ketones (excluding diaryl/α,β-unsaturated/α-hetero) is 1. The lowest BCUT2D eigenvalue weighted by molar-refractivity contribution is -0.132. The van der Waals surface area contributed by atoms with Crippen molar-refractivity contribution in [3.8, 4) is 5.75 Å². The summed E-state index contributed by atoms with van der Waals surface area (Å²) in [6, 6.07) is 5.52. The number of carbonyl (C=O) groups is 2. The Morgan fingerprint density at radius 2 is 1.65 bits per heavy atom. The molecule has 0 spiro atoms. The summed E-state index contributed by atoms with van der Waals surface area (Å²) in [5.74, 6) is 2.00. The number of fused-ring (bicyclic) bond motifs is 1. The van der Waals surface area contributed by atoms with E-state index in [0.717, 1.165) is 31.4 Å². The molecule has 31 heavy (non-hydrogen) atoms. The number of rotatable bonds is 10. The van der Waals surface area contributed by atoms with Crippen LogP contribution in [0.3, 0.4) is 0 Å². The lowest BCUT2D eigenvalue weighted by Gasteiger charge is -2.25. The maximum absolute atomic E-state index is 13.4. The Morgan fingerprint density at radius 1 is 1.06 bits per heavy atom. The number of nitrogens with zero attached hydrogens (tertiary/aromatic N) is 3. The summed E-state index contributed by atoms with van der Waals surface area (Å²) >= 11 is 0. The second kappa shape index (κ2) is 10.3. The van der Waals surface area contributed by atoms with Crippen LogP contribution in [0.4, 0.5) is 0 Å². The number of ether oxygens (including phenoxy) is 1. The average Bonchev–Trinajstić information content (AvgIpc) is 3.03. The molecule has 1 aromatic carbocycles. The van der Waals surface area contributed by atoms with E-state index < -0.39 is 5.41 Å². The van der Waals surface area contributed by atoms with Gasteiger partial charge in [-0.25, -0.2) is 4.98 Å². The number of hydrogen-bond acceptors (Lipinski definition) is 4. The first-order valence-electron chi connectivity index (χ1n) is 11.3. The zero-order valence-corrected chi connectivity index (χ0v) is 20.5. The summed E-state index contributed by atoms with van der Waals surface area (Å²) in [7, 11) is 1.60. The van der Waals surface area contributed by atoms with E-state index >= 15 is 0 Å². The van der Waals surface area contributed by atoms with Gasteiger partial charge in [0.25, 0.3) is 0 Å². The lowest BCUT2D eigenvalue weighted by Crippen LogP contribution is -2.37. The lowest BCUT2D eigenvalue weighted by atomic mass is 9.90. The molecule has 6 heteroatoms. The molecule has 0 saturated heterocycles. The fourth-order valence-electron chi connectivity index (χ4n) is 3.33. The minimum absolute atomic E-state index is 0.0272. The van der Waals surface area contributed by atoms with Crippen molar-refractivity contribution < 1.29 is 14.3 Å². The van der Waals surface area contributed by atoms with Crippen molar-refractivity contribution in [2.75, 3.05) is 20.2 Å². The number of hydrogen-bond donors (Lipinski definition) is 0. The number of amides is 1. The molecule has 0 saturated carbocycles. The molecule has 1 amide bonds. The van der Waals surface area contributed by atoms with Crippen molar-refractivity contribution in [3.05, 3.63) is 24.0 Å². The van der Waals surface area contributed by atoms with Crippen molar-refractivity contribution in [1.29, 1.82) is 0 Å². The van der Waals surface area contributed by atoms with Gasteiger partial charge in [-0.2, -0.15) is 0 Å². The third-order valence-corrected chi connectivity index (χ3v) is 5.44. The van der Waals surface area contributed by atoms with Crippen LogP contribution < -0.4 is 4.74 Å². The molecular weight excluding hydrogens is 390 g/mol. The second-order valence-corrected chi connectivity index (χ2v) is 10.2. The topological polar surface area (TPSA) is 64.4 Å². The Bertz CT molecular complexity index is 895. The standard InChI is InChI=1S/C25H39N3O3/c1-17(2)11-13-27(14-12-18(3)4)22(29)16-28-21-10-9-19(31-8)15-20(21)26-24(28)23(30)25(5,6)7/h9-10,15,17-18H,11-14,16H2,1-8H3. The Labute approximate surface area is 187 Å². The van der Waals surface area contributed by atoms with E-state index in [0.29, 0.717) is 28.9 Å². The summed E-state index contributed by atoms with van der Waals surface area (Å²) in [5.41, 5.74) is 0.839. The van der Waals surface area contributed by atoms with Crippen molar-refractivity contribution in [2.24, 2.45) is 17.3 Å². The van der Waals surface area contributed by atoms with Crippen LogP contribution >= 0.6 is 0 Å². The van der Waals surface area contributed by atoms with Gasteiger partial charge in [-0.3, -0.25) is 9.59 Å². The Hall–Kier alpha value is -2.37. The third-order valence-electron chi connectivity index (χ3n) is 5.44. The largest absolute Gasteiger partial charge is 0.497 e. The van der Waals surface area contributed by atoms with Crippen LogP contribution in [-0.2, 0) is 11.3 Å². The molecule has 0 aliphatic carbocycles. The summed E-state index contributed by atoms with van der Waals surface area (Å²) < 4.78 is 7.10. The van der Waals surface area contributed by atoms with E-state index in [1.165, 1.54) is 0 Å². The molecule has 0 radical (unpaired) electrons. The molecule has 2 rings (SSSR count). The maximum Gasteiger partial charge on any atom is 0.242 e. The van der Waals surface area contributed by atoms with Crippen molar-refractivity contribution in [2.45, 2.75) is 67.9 Å². The van der Waals surface area contributed by atoms with E-state index in [-0.39, 0.29) is 18.2 Å². The SMILES string of the molecule is COc1ccc2c(c1)nc(C(=O)C(C)(C)C)n2CC(=O)N(CCC(C)C)CCC(C)C. The van der Waals surface area contributed by atoms with Crippen molar-refractivity contribution >= 4 is 22.7 Å². The van der Waals surface area contributed by atoms with Gasteiger partial charge in [-0.05, 0) is 36.8 Å². The van der Waals surface area contributed by atoms with Gasteiger partial charge in [0.05, 0.1) is 18.1 Å². The molecule has 0 bridgehead atoms. The van der Waals surface area contributed by atoms with Crippen LogP contribution in [0.25, 0.3) is 11.0 Å². The van der Waals surface area contributed by atoms with E-state index in [2.05, 4.69) is 32.7 Å². The van der Waals surface area contributed by atoms with Gasteiger partial charge in [0, 0.05) is 24.6 Å². The first-order chi connectivity index (χ1) is 14.4. The monoisotopic (exact) mass is 429 g/mol. The fraction of sp³-hybridized carbons (Fsp3) is 0.640. The number of imidazole rings is 1. The molecule has 172 valence electrons. The van der Waals surface area contributed by atoms with Gasteiger partial charge < -0.3 is 14.2 Å². The van der Waals surface area contributed by atoms with Crippen molar-refractivity contribution in [1.82, 2.24) is 14.5 Å².